The lowest BCUT2D eigenvalue weighted by molar-refractivity contribution is -0.148. The number of rotatable bonds is 19. The second kappa shape index (κ2) is 32.3. The van der Waals surface area contributed by atoms with Gasteiger partial charge in [-0.3, -0.25) is 33.2 Å². The fraction of sp³-hybridized carbons (Fsp3) is 0.418. The number of aliphatic carboxylic acids is 1. The fourth-order valence-electron chi connectivity index (χ4n) is 7.59. The highest BCUT2D eigenvalue weighted by atomic mass is 35.5. The van der Waals surface area contributed by atoms with Crippen molar-refractivity contribution in [2.24, 2.45) is 12.8 Å². The third kappa shape index (κ3) is 20.5. The summed E-state index contributed by atoms with van der Waals surface area (Å²) in [5.41, 5.74) is 7.13. The largest absolute Gasteiger partial charge is 0.489 e. The zero-order valence-electron chi connectivity index (χ0n) is 46.2. The molecule has 4 aromatic carbocycles. The second-order valence-corrected chi connectivity index (χ2v) is 22.0. The lowest BCUT2D eigenvalue weighted by Gasteiger charge is -2.35. The Morgan fingerprint density at radius 1 is 0.951 bits per heavy atom. The molecule has 0 bridgehead atoms. The van der Waals surface area contributed by atoms with Crippen LogP contribution in [0.3, 0.4) is 0 Å². The van der Waals surface area contributed by atoms with Crippen molar-refractivity contribution in [2.45, 2.75) is 96.6 Å². The highest BCUT2D eigenvalue weighted by molar-refractivity contribution is 7.57. The smallest absolute Gasteiger partial charge is 0.431 e. The minimum atomic E-state index is -4.84. The van der Waals surface area contributed by atoms with Crippen LogP contribution < -0.4 is 41.0 Å². The minimum absolute atomic E-state index is 0.0371. The number of para-hydroxylation sites is 3. The molecule has 1 aliphatic heterocycles. The van der Waals surface area contributed by atoms with Gasteiger partial charge in [0.25, 0.3) is 11.5 Å². The Labute approximate surface area is 482 Å². The number of hydrogen-bond acceptors (Lipinski definition) is 13. The SMILES string of the molecule is CC1COc2ccccc2N1C(=O)C(Cl)Cl.CCOCN(C(=O)CCl)c1c(C)cccc1CC.CCc1ccc(COc2ccc(-n3c(=O)cc(C(F)(F)F)n(C)c3=O)cc2)c(OC(C)C(=O)OC)c1.CP(=O)(O)CCC(N)C(=O)O. The summed E-state index contributed by atoms with van der Waals surface area (Å²) in [6, 6.07) is 23.9. The Kier molecular flexibility index (Phi) is 27.5. The molecule has 81 heavy (non-hydrogen) atoms. The van der Waals surface area contributed by atoms with E-state index in [-0.39, 0.29) is 55.3 Å². The van der Waals surface area contributed by atoms with Gasteiger partial charge in [0.15, 0.2) is 18.3 Å². The highest BCUT2D eigenvalue weighted by Crippen LogP contribution is 2.36. The van der Waals surface area contributed by atoms with Crippen molar-refractivity contribution in [3.05, 3.63) is 140 Å². The maximum absolute atomic E-state index is 13.1. The van der Waals surface area contributed by atoms with Crippen LogP contribution in [0.15, 0.2) is 101 Å². The molecule has 19 nitrogen and oxygen atoms in total. The number of ether oxygens (including phenoxy) is 5. The first kappa shape index (κ1) is 68.9. The lowest BCUT2D eigenvalue weighted by atomic mass is 10.0. The predicted molar refractivity (Wildman–Crippen MR) is 305 cm³/mol. The summed E-state index contributed by atoms with van der Waals surface area (Å²) in [6.45, 7) is 13.9. The molecule has 4 atom stereocenters. The van der Waals surface area contributed by atoms with Crippen LogP contribution in [0.4, 0.5) is 24.5 Å². The number of aryl methyl sites for hydroxylation is 3. The van der Waals surface area contributed by atoms with E-state index in [1.807, 2.05) is 88.4 Å². The number of esters is 1. The van der Waals surface area contributed by atoms with E-state index >= 15 is 0 Å². The van der Waals surface area contributed by atoms with Gasteiger partial charge in [0.2, 0.25) is 5.91 Å². The zero-order chi connectivity index (χ0) is 60.9. The van der Waals surface area contributed by atoms with Gasteiger partial charge in [0.1, 0.15) is 54.8 Å². The number of amides is 2. The van der Waals surface area contributed by atoms with Gasteiger partial charge in [-0.15, -0.1) is 11.6 Å². The molecule has 2 heterocycles. The van der Waals surface area contributed by atoms with Crippen molar-refractivity contribution < 1.29 is 70.6 Å². The van der Waals surface area contributed by atoms with Crippen LogP contribution in [0.25, 0.3) is 5.69 Å². The van der Waals surface area contributed by atoms with Gasteiger partial charge < -0.3 is 44.3 Å². The average molecular weight is 1220 g/mol. The molecule has 2 amide bonds. The van der Waals surface area contributed by atoms with Crippen LogP contribution in [0.5, 0.6) is 17.2 Å². The predicted octanol–water partition coefficient (Wildman–Crippen LogP) is 9.05. The number of carbonyl (C=O) groups excluding carboxylic acids is 3. The monoisotopic (exact) mass is 1220 g/mol. The van der Waals surface area contributed by atoms with Gasteiger partial charge in [-0.05, 0) is 106 Å². The fourth-order valence-corrected chi connectivity index (χ4v) is 8.70. The van der Waals surface area contributed by atoms with Crippen LogP contribution in [0.1, 0.15) is 69.0 Å². The number of halogens is 6. The lowest BCUT2D eigenvalue weighted by Crippen LogP contribution is -2.47. The summed E-state index contributed by atoms with van der Waals surface area (Å²) in [4.78, 5) is 81.4. The summed E-state index contributed by atoms with van der Waals surface area (Å²) in [5, 5.41) is 8.28. The van der Waals surface area contributed by atoms with Gasteiger partial charge in [0.05, 0.1) is 30.2 Å². The number of anilines is 2. The molecule has 0 aliphatic carbocycles. The number of hydrogen-bond donors (Lipinski definition) is 3. The summed E-state index contributed by atoms with van der Waals surface area (Å²) >= 11 is 16.9. The Balaban J connectivity index is 0.000000318. The van der Waals surface area contributed by atoms with Crippen molar-refractivity contribution in [1.82, 2.24) is 9.13 Å². The molecule has 5 aromatic rings. The Bertz CT molecular complexity index is 3090. The molecular formula is C55H68Cl3F3N5O14P. The van der Waals surface area contributed by atoms with Gasteiger partial charge >= 0.3 is 23.8 Å². The first-order chi connectivity index (χ1) is 38.0. The molecule has 0 saturated heterocycles. The molecule has 6 rings (SSSR count). The Morgan fingerprint density at radius 3 is 2.16 bits per heavy atom. The van der Waals surface area contributed by atoms with E-state index in [4.69, 9.17) is 74.2 Å². The van der Waals surface area contributed by atoms with Crippen LogP contribution in [-0.2, 0) is 65.9 Å². The zero-order valence-corrected chi connectivity index (χ0v) is 49.4. The molecule has 26 heteroatoms. The number of carbonyl (C=O) groups is 4. The Morgan fingerprint density at radius 2 is 1.60 bits per heavy atom. The van der Waals surface area contributed by atoms with Crippen molar-refractivity contribution in [3.8, 4) is 22.9 Å². The number of aromatic nitrogens is 2. The third-order valence-corrected chi connectivity index (χ3v) is 13.6. The van der Waals surface area contributed by atoms with Gasteiger partial charge in [-0.25, -0.2) is 14.2 Å². The van der Waals surface area contributed by atoms with E-state index in [1.54, 1.807) is 16.7 Å². The molecule has 0 radical (unpaired) electrons. The van der Waals surface area contributed by atoms with Crippen LogP contribution in [-0.4, -0.2) is 112 Å². The van der Waals surface area contributed by atoms with E-state index in [0.29, 0.717) is 51.2 Å². The number of fused-ring (bicyclic) bond motifs is 1. The third-order valence-electron chi connectivity index (χ3n) is 11.9. The van der Waals surface area contributed by atoms with Gasteiger partial charge in [0, 0.05) is 38.1 Å². The van der Waals surface area contributed by atoms with Crippen LogP contribution >= 0.6 is 42.2 Å². The number of benzene rings is 4. The quantitative estimate of drug-likeness (QED) is 0.0302. The van der Waals surface area contributed by atoms with Crippen molar-refractivity contribution in [1.29, 1.82) is 0 Å². The number of alkyl halides is 6. The molecule has 4 N–H and O–H groups in total. The van der Waals surface area contributed by atoms with Crippen molar-refractivity contribution >= 4 is 77.3 Å². The maximum Gasteiger partial charge on any atom is 0.431 e. The van der Waals surface area contributed by atoms with E-state index in [9.17, 15) is 46.5 Å². The maximum atomic E-state index is 13.1. The number of carboxylic acids is 1. The molecule has 0 saturated carbocycles. The Hall–Kier alpha value is -6.39. The molecule has 1 aromatic heterocycles. The average Bonchev–Trinajstić information content (AvgIpc) is 3.43. The van der Waals surface area contributed by atoms with Gasteiger partial charge in [-0.2, -0.15) is 13.2 Å². The summed E-state index contributed by atoms with van der Waals surface area (Å²) in [5.74, 6) is -0.623. The number of carboxylic acid groups (broad SMARTS) is 1. The summed E-state index contributed by atoms with van der Waals surface area (Å²) in [6.07, 6.45) is -4.04. The second-order valence-electron chi connectivity index (χ2n) is 18.1. The first-order valence-electron chi connectivity index (χ1n) is 25.2. The topological polar surface area (TPSA) is 248 Å². The number of nitrogens with two attached hydrogens (primary N) is 1. The normalized spacial score (nSPS) is 14.1. The molecule has 444 valence electrons. The minimum Gasteiger partial charge on any atom is -0.489 e. The number of nitrogens with zero attached hydrogens (tertiary/aromatic N) is 4. The number of methoxy groups -OCH3 is 1. The van der Waals surface area contributed by atoms with E-state index in [2.05, 4.69) is 6.92 Å². The highest BCUT2D eigenvalue weighted by Gasteiger charge is 2.35. The molecule has 0 spiro atoms. The molecule has 0 fully saturated rings. The standard InChI is InChI=1S/C25H25F3N2O6.C14H20ClNO2.C11H11Cl2NO2.C5H12NO4P/c1-5-16-6-7-17(20(12-16)36-15(2)23(32)34-4)14-35-19-10-8-18(9-11-19)30-22(31)13-21(25(26,27)28)29(3)24(30)33;1-4-12-8-6-7-11(3)14(12)16(10-18-5-2)13(17)9-15;1-7-6-16-9-5-3-2-4-8(9)14(7)11(15)10(12)13;1-11(9,10)3-2-4(6)5(7)8/h6-13,15H,5,14H2,1-4H3;6-8H,4-5,9-10H2,1-3H3;2-5,7,10H,6H2,1H3;4H,2-3,6H2,1H3,(H,7,8)(H,9,10). The molecular weight excluding hydrogens is 1150 g/mol. The van der Waals surface area contributed by atoms with Crippen LogP contribution in [0, 0.1) is 6.92 Å². The van der Waals surface area contributed by atoms with E-state index < -0.39 is 59.4 Å². The van der Waals surface area contributed by atoms with Crippen LogP contribution in [0.2, 0.25) is 0 Å². The molecule has 1 aliphatic rings. The van der Waals surface area contributed by atoms with E-state index in [1.165, 1.54) is 38.0 Å². The van der Waals surface area contributed by atoms with Crippen molar-refractivity contribution in [2.75, 3.05) is 55.6 Å². The van der Waals surface area contributed by atoms with Gasteiger partial charge in [-0.1, -0.05) is 79.5 Å². The first-order valence-corrected chi connectivity index (χ1v) is 28.9. The van der Waals surface area contributed by atoms with E-state index in [0.717, 1.165) is 48.0 Å². The summed E-state index contributed by atoms with van der Waals surface area (Å²) < 4.78 is 78.0. The summed E-state index contributed by atoms with van der Waals surface area (Å²) in [7, 11) is -0.884. The van der Waals surface area contributed by atoms with Crippen molar-refractivity contribution in [3.63, 3.8) is 0 Å². The molecule has 4 unspecified atom stereocenters.